The lowest BCUT2D eigenvalue weighted by Gasteiger charge is -2.12. The average Bonchev–Trinajstić information content (AvgIpc) is 2.37. The number of nitrogens with one attached hydrogen (secondary N) is 2. The van der Waals surface area contributed by atoms with Crippen molar-refractivity contribution in [3.8, 4) is 0 Å². The van der Waals surface area contributed by atoms with Gasteiger partial charge in [0.1, 0.15) is 17.5 Å². The number of nitrogen functional groups attached to an aromatic ring is 1. The van der Waals surface area contributed by atoms with Crippen molar-refractivity contribution >= 4 is 11.6 Å². The van der Waals surface area contributed by atoms with Crippen LogP contribution in [0.3, 0.4) is 0 Å². The fourth-order valence-corrected chi connectivity index (χ4v) is 1.46. The SMILES string of the molecule is CCC(O)CCNc1cc(NN)nc(C(C)C)n1. The Labute approximate surface area is 108 Å². The lowest BCUT2D eigenvalue weighted by Crippen LogP contribution is -2.15. The van der Waals surface area contributed by atoms with Gasteiger partial charge >= 0.3 is 0 Å². The molecule has 0 fully saturated rings. The Morgan fingerprint density at radius 1 is 1.33 bits per heavy atom. The molecular weight excluding hydrogens is 230 g/mol. The van der Waals surface area contributed by atoms with E-state index in [0.29, 0.717) is 18.8 Å². The molecule has 0 aliphatic carbocycles. The van der Waals surface area contributed by atoms with E-state index in [1.165, 1.54) is 0 Å². The summed E-state index contributed by atoms with van der Waals surface area (Å²) in [5.74, 6) is 7.67. The zero-order valence-corrected chi connectivity index (χ0v) is 11.3. The summed E-state index contributed by atoms with van der Waals surface area (Å²) in [5.41, 5.74) is 2.53. The highest BCUT2D eigenvalue weighted by molar-refractivity contribution is 5.47. The highest BCUT2D eigenvalue weighted by atomic mass is 16.3. The molecule has 1 aromatic rings. The van der Waals surface area contributed by atoms with Crippen LogP contribution in [0.4, 0.5) is 11.6 Å². The molecule has 0 bridgehead atoms. The molecule has 1 heterocycles. The van der Waals surface area contributed by atoms with Gasteiger partial charge in [0.2, 0.25) is 0 Å². The van der Waals surface area contributed by atoms with Gasteiger partial charge in [-0.2, -0.15) is 0 Å². The van der Waals surface area contributed by atoms with E-state index in [1.807, 2.05) is 20.8 Å². The zero-order valence-electron chi connectivity index (χ0n) is 11.3. The monoisotopic (exact) mass is 253 g/mol. The summed E-state index contributed by atoms with van der Waals surface area (Å²) < 4.78 is 0. The maximum Gasteiger partial charge on any atom is 0.145 e. The van der Waals surface area contributed by atoms with Gasteiger partial charge in [0, 0.05) is 18.5 Å². The molecule has 1 atom stereocenters. The number of rotatable bonds is 7. The first kappa shape index (κ1) is 14.7. The van der Waals surface area contributed by atoms with Crippen LogP contribution in [0.15, 0.2) is 6.07 Å². The molecule has 1 aromatic heterocycles. The van der Waals surface area contributed by atoms with E-state index in [2.05, 4.69) is 20.7 Å². The molecular formula is C12H23N5O. The van der Waals surface area contributed by atoms with Crippen LogP contribution in [-0.2, 0) is 0 Å². The van der Waals surface area contributed by atoms with Gasteiger partial charge in [0.15, 0.2) is 0 Å². The molecule has 6 nitrogen and oxygen atoms in total. The van der Waals surface area contributed by atoms with Gasteiger partial charge < -0.3 is 15.8 Å². The van der Waals surface area contributed by atoms with Gasteiger partial charge in [0.05, 0.1) is 6.10 Å². The third-order valence-electron chi connectivity index (χ3n) is 2.66. The number of nitrogens with zero attached hydrogens (tertiary/aromatic N) is 2. The van der Waals surface area contributed by atoms with Gasteiger partial charge in [-0.15, -0.1) is 0 Å². The van der Waals surface area contributed by atoms with Crippen molar-refractivity contribution in [2.75, 3.05) is 17.3 Å². The first-order valence-electron chi connectivity index (χ1n) is 6.34. The number of aliphatic hydroxyl groups excluding tert-OH is 1. The fraction of sp³-hybridized carbons (Fsp3) is 0.667. The number of hydrazine groups is 1. The van der Waals surface area contributed by atoms with Crippen LogP contribution in [0.2, 0.25) is 0 Å². The molecule has 0 saturated heterocycles. The Hall–Kier alpha value is -1.40. The smallest absolute Gasteiger partial charge is 0.145 e. The molecule has 0 saturated carbocycles. The van der Waals surface area contributed by atoms with Crippen molar-refractivity contribution in [1.82, 2.24) is 9.97 Å². The standard InChI is InChI=1S/C12H23N5O/c1-4-9(18)5-6-14-10-7-11(17-13)16-12(15-10)8(2)3/h7-9,18H,4-6,13H2,1-3H3,(H2,14,15,16,17). The van der Waals surface area contributed by atoms with Crippen LogP contribution in [0.5, 0.6) is 0 Å². The first-order valence-corrected chi connectivity index (χ1v) is 6.34. The summed E-state index contributed by atoms with van der Waals surface area (Å²) in [7, 11) is 0. The van der Waals surface area contributed by atoms with Gasteiger partial charge in [-0.25, -0.2) is 15.8 Å². The Morgan fingerprint density at radius 3 is 2.56 bits per heavy atom. The van der Waals surface area contributed by atoms with Gasteiger partial charge in [-0.1, -0.05) is 20.8 Å². The second kappa shape index (κ2) is 7.13. The number of anilines is 2. The minimum Gasteiger partial charge on any atom is -0.393 e. The van der Waals surface area contributed by atoms with Crippen molar-refractivity contribution in [3.05, 3.63) is 11.9 Å². The number of hydrogen-bond acceptors (Lipinski definition) is 6. The molecule has 18 heavy (non-hydrogen) atoms. The first-order chi connectivity index (χ1) is 8.56. The quantitative estimate of drug-likeness (QED) is 0.434. The summed E-state index contributed by atoms with van der Waals surface area (Å²) in [6, 6.07) is 1.75. The Bertz CT molecular complexity index is 369. The summed E-state index contributed by atoms with van der Waals surface area (Å²) in [6.07, 6.45) is 1.19. The zero-order chi connectivity index (χ0) is 13.5. The van der Waals surface area contributed by atoms with E-state index in [9.17, 15) is 5.11 Å². The van der Waals surface area contributed by atoms with E-state index < -0.39 is 0 Å². The summed E-state index contributed by atoms with van der Waals surface area (Å²) in [5, 5.41) is 12.6. The molecule has 6 heteroatoms. The van der Waals surface area contributed by atoms with Crippen molar-refractivity contribution in [2.24, 2.45) is 5.84 Å². The molecule has 0 spiro atoms. The Morgan fingerprint density at radius 2 is 2.00 bits per heavy atom. The Balaban J connectivity index is 2.66. The molecule has 0 aromatic carbocycles. The van der Waals surface area contributed by atoms with Gasteiger partial charge in [-0.05, 0) is 12.8 Å². The topological polar surface area (TPSA) is 96.1 Å². The second-order valence-electron chi connectivity index (χ2n) is 4.57. The fourth-order valence-electron chi connectivity index (χ4n) is 1.46. The molecule has 5 N–H and O–H groups in total. The molecule has 0 amide bonds. The van der Waals surface area contributed by atoms with Gasteiger partial charge in [-0.3, -0.25) is 0 Å². The van der Waals surface area contributed by atoms with Crippen molar-refractivity contribution < 1.29 is 5.11 Å². The van der Waals surface area contributed by atoms with Crippen molar-refractivity contribution in [1.29, 1.82) is 0 Å². The molecule has 1 unspecified atom stereocenters. The molecule has 1 rings (SSSR count). The third-order valence-corrected chi connectivity index (χ3v) is 2.66. The van der Waals surface area contributed by atoms with Gasteiger partial charge in [0.25, 0.3) is 0 Å². The number of aromatic nitrogens is 2. The molecule has 102 valence electrons. The van der Waals surface area contributed by atoms with Crippen molar-refractivity contribution in [3.63, 3.8) is 0 Å². The highest BCUT2D eigenvalue weighted by Gasteiger charge is 2.08. The number of hydrogen-bond donors (Lipinski definition) is 4. The van der Waals surface area contributed by atoms with E-state index in [-0.39, 0.29) is 12.0 Å². The summed E-state index contributed by atoms with van der Waals surface area (Å²) >= 11 is 0. The predicted octanol–water partition coefficient (Wildman–Crippen LogP) is 1.46. The van der Waals surface area contributed by atoms with E-state index in [1.54, 1.807) is 6.07 Å². The molecule has 0 aliphatic rings. The van der Waals surface area contributed by atoms with Crippen LogP contribution in [0, 0.1) is 0 Å². The van der Waals surface area contributed by atoms with E-state index in [4.69, 9.17) is 5.84 Å². The minimum atomic E-state index is -0.268. The lowest BCUT2D eigenvalue weighted by molar-refractivity contribution is 0.164. The van der Waals surface area contributed by atoms with Crippen LogP contribution in [-0.4, -0.2) is 27.7 Å². The Kier molecular flexibility index (Phi) is 5.80. The van der Waals surface area contributed by atoms with Crippen molar-refractivity contribution in [2.45, 2.75) is 45.6 Å². The number of nitrogens with two attached hydrogens (primary N) is 1. The maximum atomic E-state index is 9.47. The molecule has 0 aliphatic heterocycles. The second-order valence-corrected chi connectivity index (χ2v) is 4.57. The number of aliphatic hydroxyl groups is 1. The predicted molar refractivity (Wildman–Crippen MR) is 73.3 cm³/mol. The van der Waals surface area contributed by atoms with E-state index >= 15 is 0 Å². The average molecular weight is 253 g/mol. The normalized spacial score (nSPS) is 12.6. The van der Waals surface area contributed by atoms with Crippen LogP contribution in [0.1, 0.15) is 45.4 Å². The van der Waals surface area contributed by atoms with Crippen LogP contribution >= 0.6 is 0 Å². The van der Waals surface area contributed by atoms with Crippen LogP contribution in [0.25, 0.3) is 0 Å². The third kappa shape index (κ3) is 4.46. The highest BCUT2D eigenvalue weighted by Crippen LogP contribution is 2.16. The largest absolute Gasteiger partial charge is 0.393 e. The minimum absolute atomic E-state index is 0.236. The molecule has 0 radical (unpaired) electrons. The van der Waals surface area contributed by atoms with Crippen LogP contribution < -0.4 is 16.6 Å². The summed E-state index contributed by atoms with van der Waals surface area (Å²) in [4.78, 5) is 8.68. The van der Waals surface area contributed by atoms with E-state index in [0.717, 1.165) is 18.1 Å². The summed E-state index contributed by atoms with van der Waals surface area (Å²) in [6.45, 7) is 6.69. The lowest BCUT2D eigenvalue weighted by atomic mass is 10.2. The maximum absolute atomic E-state index is 9.47.